The molecule has 6 nitrogen and oxygen atoms in total. The molecule has 1 aromatic carbocycles. The number of aromatic nitrogens is 3. The molecule has 3 rings (SSSR count). The lowest BCUT2D eigenvalue weighted by Gasteiger charge is -2.16. The Bertz CT molecular complexity index is 937. The van der Waals surface area contributed by atoms with E-state index in [1.54, 1.807) is 16.5 Å². The van der Waals surface area contributed by atoms with Crippen LogP contribution in [-0.4, -0.2) is 32.6 Å². The van der Waals surface area contributed by atoms with Crippen molar-refractivity contribution in [1.29, 1.82) is 0 Å². The number of nitrogens with zero attached hydrogens (tertiary/aromatic N) is 3. The predicted molar refractivity (Wildman–Crippen MR) is 97.5 cm³/mol. The van der Waals surface area contributed by atoms with Crippen molar-refractivity contribution < 1.29 is 9.21 Å². The Kier molecular flexibility index (Phi) is 4.85. The zero-order chi connectivity index (χ0) is 18.0. The highest BCUT2D eigenvalue weighted by Crippen LogP contribution is 2.18. The number of amides is 1. The van der Waals surface area contributed by atoms with E-state index in [0.717, 1.165) is 22.6 Å². The molecule has 0 aliphatic rings. The van der Waals surface area contributed by atoms with E-state index >= 15 is 0 Å². The highest BCUT2D eigenvalue weighted by Gasteiger charge is 2.16. The van der Waals surface area contributed by atoms with Crippen LogP contribution in [0.15, 0.2) is 40.8 Å². The summed E-state index contributed by atoms with van der Waals surface area (Å²) in [5.41, 5.74) is 2.07. The van der Waals surface area contributed by atoms with Gasteiger partial charge in [0, 0.05) is 12.6 Å². The molecule has 25 heavy (non-hydrogen) atoms. The zero-order valence-electron chi connectivity index (χ0n) is 14.4. The summed E-state index contributed by atoms with van der Waals surface area (Å²) in [5.74, 6) is 2.16. The summed E-state index contributed by atoms with van der Waals surface area (Å²) < 4.78 is 7.66. The first-order valence-corrected chi connectivity index (χ1v) is 8.36. The number of benzene rings is 1. The van der Waals surface area contributed by atoms with Crippen LogP contribution in [0.1, 0.15) is 17.1 Å². The average molecular weight is 356 g/mol. The van der Waals surface area contributed by atoms with Crippen molar-refractivity contribution in [3.05, 3.63) is 58.3 Å². The lowest BCUT2D eigenvalue weighted by Crippen LogP contribution is -2.30. The molecular weight excluding hydrogens is 336 g/mol. The molecule has 0 saturated heterocycles. The van der Waals surface area contributed by atoms with E-state index in [2.05, 4.69) is 10.2 Å². The molecule has 0 radical (unpaired) electrons. The van der Waals surface area contributed by atoms with Crippen LogP contribution in [0, 0.1) is 18.6 Å². The SMILES string of the molecule is Cc1ccc(-c2n[nH]c(=S)n2CC(=O)N(C)Cc2ccc(C)o2)cc1. The Morgan fingerprint density at radius 3 is 2.60 bits per heavy atom. The summed E-state index contributed by atoms with van der Waals surface area (Å²) in [5, 5.41) is 7.05. The Morgan fingerprint density at radius 2 is 1.96 bits per heavy atom. The number of furan rings is 1. The number of likely N-dealkylation sites (N-methyl/N-ethyl adjacent to an activating group) is 1. The topological polar surface area (TPSA) is 67.1 Å². The number of rotatable bonds is 5. The number of aromatic amines is 1. The standard InChI is InChI=1S/C18H20N4O2S/c1-12-4-7-14(8-5-12)17-19-20-18(25)22(17)11-16(23)21(3)10-15-9-6-13(2)24-15/h4-9H,10-11H2,1-3H3,(H,20,25). The maximum Gasteiger partial charge on any atom is 0.242 e. The second kappa shape index (κ2) is 7.06. The van der Waals surface area contributed by atoms with Crippen molar-refractivity contribution in [3.63, 3.8) is 0 Å². The summed E-state index contributed by atoms with van der Waals surface area (Å²) in [6.45, 7) is 4.44. The number of nitrogens with one attached hydrogen (secondary N) is 1. The third-order valence-corrected chi connectivity index (χ3v) is 4.29. The van der Waals surface area contributed by atoms with E-state index in [-0.39, 0.29) is 12.5 Å². The van der Waals surface area contributed by atoms with E-state index < -0.39 is 0 Å². The normalized spacial score (nSPS) is 10.8. The summed E-state index contributed by atoms with van der Waals surface area (Å²) in [7, 11) is 1.75. The molecule has 0 saturated carbocycles. The molecule has 0 bridgehead atoms. The van der Waals surface area contributed by atoms with Gasteiger partial charge in [0.1, 0.15) is 18.1 Å². The molecule has 0 spiro atoms. The molecule has 0 atom stereocenters. The average Bonchev–Trinajstić information content (AvgIpc) is 3.15. The van der Waals surface area contributed by atoms with E-state index in [1.165, 1.54) is 0 Å². The summed E-state index contributed by atoms with van der Waals surface area (Å²) in [6, 6.07) is 11.7. The maximum absolute atomic E-state index is 12.6. The molecule has 130 valence electrons. The first-order valence-electron chi connectivity index (χ1n) is 7.95. The van der Waals surface area contributed by atoms with E-state index in [0.29, 0.717) is 17.1 Å². The van der Waals surface area contributed by atoms with E-state index in [1.807, 2.05) is 50.2 Å². The molecule has 3 aromatic rings. The molecule has 0 unspecified atom stereocenters. The van der Waals surface area contributed by atoms with Crippen molar-refractivity contribution in [2.24, 2.45) is 0 Å². The van der Waals surface area contributed by atoms with Crippen molar-refractivity contribution in [2.75, 3.05) is 7.05 Å². The second-order valence-electron chi connectivity index (χ2n) is 6.07. The van der Waals surface area contributed by atoms with Gasteiger partial charge in [0.15, 0.2) is 10.6 Å². The highest BCUT2D eigenvalue weighted by atomic mass is 32.1. The fraction of sp³-hybridized carbons (Fsp3) is 0.278. The van der Waals surface area contributed by atoms with Crippen molar-refractivity contribution >= 4 is 18.1 Å². The van der Waals surface area contributed by atoms with Gasteiger partial charge < -0.3 is 9.32 Å². The van der Waals surface area contributed by atoms with Gasteiger partial charge >= 0.3 is 0 Å². The molecule has 2 aromatic heterocycles. The largest absolute Gasteiger partial charge is 0.464 e. The van der Waals surface area contributed by atoms with Crippen LogP contribution in [0.25, 0.3) is 11.4 Å². The van der Waals surface area contributed by atoms with Gasteiger partial charge in [0.2, 0.25) is 5.91 Å². The minimum Gasteiger partial charge on any atom is -0.464 e. The molecule has 2 heterocycles. The second-order valence-corrected chi connectivity index (χ2v) is 6.45. The van der Waals surface area contributed by atoms with Crippen molar-refractivity contribution in [2.45, 2.75) is 26.9 Å². The van der Waals surface area contributed by atoms with E-state index in [4.69, 9.17) is 16.6 Å². The Morgan fingerprint density at radius 1 is 1.24 bits per heavy atom. The summed E-state index contributed by atoms with van der Waals surface area (Å²) in [6.07, 6.45) is 0. The molecule has 0 aliphatic carbocycles. The van der Waals surface area contributed by atoms with Gasteiger partial charge in [-0.25, -0.2) is 0 Å². The molecule has 7 heteroatoms. The van der Waals surface area contributed by atoms with Crippen LogP contribution in [0.2, 0.25) is 0 Å². The Labute approximate surface area is 151 Å². The van der Waals surface area contributed by atoms with Crippen LogP contribution in [0.3, 0.4) is 0 Å². The van der Waals surface area contributed by atoms with Crippen molar-refractivity contribution in [3.8, 4) is 11.4 Å². The van der Waals surface area contributed by atoms with Gasteiger partial charge in [-0.15, -0.1) is 0 Å². The van der Waals surface area contributed by atoms with Crippen LogP contribution < -0.4 is 0 Å². The first kappa shape index (κ1) is 17.2. The number of hydrogen-bond acceptors (Lipinski definition) is 4. The summed E-state index contributed by atoms with van der Waals surface area (Å²) >= 11 is 5.29. The number of carbonyl (C=O) groups is 1. The fourth-order valence-corrected chi connectivity index (χ4v) is 2.73. The Balaban J connectivity index is 1.78. The number of carbonyl (C=O) groups excluding carboxylic acids is 1. The molecule has 0 fully saturated rings. The number of aryl methyl sites for hydroxylation is 2. The van der Waals surface area contributed by atoms with Crippen molar-refractivity contribution in [1.82, 2.24) is 19.7 Å². The summed E-state index contributed by atoms with van der Waals surface area (Å²) in [4.78, 5) is 14.2. The van der Waals surface area contributed by atoms with Gasteiger partial charge in [0.05, 0.1) is 6.54 Å². The van der Waals surface area contributed by atoms with E-state index in [9.17, 15) is 4.79 Å². The smallest absolute Gasteiger partial charge is 0.242 e. The minimum absolute atomic E-state index is 0.0695. The number of hydrogen-bond donors (Lipinski definition) is 1. The van der Waals surface area contributed by atoms with Gasteiger partial charge in [-0.3, -0.25) is 14.5 Å². The molecular formula is C18H20N4O2S. The number of H-pyrrole nitrogens is 1. The van der Waals surface area contributed by atoms with Gasteiger partial charge in [-0.2, -0.15) is 5.10 Å². The van der Waals surface area contributed by atoms with Crippen LogP contribution in [0.5, 0.6) is 0 Å². The minimum atomic E-state index is -0.0695. The first-order chi connectivity index (χ1) is 11.9. The monoisotopic (exact) mass is 356 g/mol. The third kappa shape index (κ3) is 3.88. The Hall–Kier alpha value is -2.67. The third-order valence-electron chi connectivity index (χ3n) is 3.98. The maximum atomic E-state index is 12.6. The lowest BCUT2D eigenvalue weighted by molar-refractivity contribution is -0.131. The molecule has 1 N–H and O–H groups in total. The van der Waals surface area contributed by atoms with Gasteiger partial charge in [-0.05, 0) is 38.2 Å². The van der Waals surface area contributed by atoms with Crippen LogP contribution >= 0.6 is 12.2 Å². The lowest BCUT2D eigenvalue weighted by atomic mass is 10.1. The van der Waals surface area contributed by atoms with Gasteiger partial charge in [-0.1, -0.05) is 29.8 Å². The predicted octanol–water partition coefficient (Wildman–Crippen LogP) is 3.48. The quantitative estimate of drug-likeness (QED) is 0.711. The highest BCUT2D eigenvalue weighted by molar-refractivity contribution is 7.71. The van der Waals surface area contributed by atoms with Gasteiger partial charge in [0.25, 0.3) is 0 Å². The zero-order valence-corrected chi connectivity index (χ0v) is 15.3. The molecule has 0 aliphatic heterocycles. The van der Waals surface area contributed by atoms with Crippen LogP contribution in [-0.2, 0) is 17.9 Å². The molecule has 1 amide bonds. The van der Waals surface area contributed by atoms with Crippen LogP contribution in [0.4, 0.5) is 0 Å². The fourth-order valence-electron chi connectivity index (χ4n) is 2.54.